The minimum atomic E-state index is -0.228. The maximum atomic E-state index is 12.1. The van der Waals surface area contributed by atoms with E-state index in [-0.39, 0.29) is 6.03 Å². The Morgan fingerprint density at radius 3 is 2.48 bits per heavy atom. The van der Waals surface area contributed by atoms with E-state index in [1.54, 1.807) is 30.6 Å². The number of carbonyl (C=O) groups excluding carboxylic acids is 1. The van der Waals surface area contributed by atoms with Gasteiger partial charge in [0.05, 0.1) is 0 Å². The minimum Gasteiger partial charge on any atom is -0.457 e. The normalized spacial score (nSPS) is 10.3. The number of amides is 2. The lowest BCUT2D eigenvalue weighted by Crippen LogP contribution is -2.29. The molecule has 150 valence electrons. The summed E-state index contributed by atoms with van der Waals surface area (Å²) in [6.07, 6.45) is 5.13. The smallest absolute Gasteiger partial charge is 0.319 e. The van der Waals surface area contributed by atoms with Crippen molar-refractivity contribution in [1.82, 2.24) is 10.3 Å². The lowest BCUT2D eigenvalue weighted by Gasteiger charge is -2.13. The van der Waals surface area contributed by atoms with Crippen LogP contribution in [-0.2, 0) is 6.42 Å². The van der Waals surface area contributed by atoms with Crippen LogP contribution in [0.5, 0.6) is 11.5 Å². The van der Waals surface area contributed by atoms with E-state index < -0.39 is 0 Å². The number of rotatable bonds is 8. The van der Waals surface area contributed by atoms with E-state index in [9.17, 15) is 4.79 Å². The fraction of sp³-hybridized carbons (Fsp3) is 0.217. The van der Waals surface area contributed by atoms with Crippen molar-refractivity contribution < 1.29 is 9.53 Å². The van der Waals surface area contributed by atoms with Crippen molar-refractivity contribution in [1.29, 1.82) is 0 Å². The topological polar surface area (TPSA) is 66.5 Å². The molecule has 0 bridgehead atoms. The molecule has 3 rings (SSSR count). The zero-order chi connectivity index (χ0) is 20.5. The summed E-state index contributed by atoms with van der Waals surface area (Å²) in [4.78, 5) is 18.2. The van der Waals surface area contributed by atoms with Gasteiger partial charge in [0.1, 0.15) is 11.5 Å². The Hall–Kier alpha value is -3.54. The molecule has 0 saturated heterocycles. The molecule has 6 heteroatoms. The average molecular weight is 390 g/mol. The van der Waals surface area contributed by atoms with Gasteiger partial charge in [0.25, 0.3) is 0 Å². The molecule has 0 fully saturated rings. The minimum absolute atomic E-state index is 0.228. The number of aryl methyl sites for hydroxylation is 1. The van der Waals surface area contributed by atoms with Crippen molar-refractivity contribution in [2.45, 2.75) is 12.8 Å². The second-order valence-corrected chi connectivity index (χ2v) is 6.86. The number of anilines is 2. The van der Waals surface area contributed by atoms with Gasteiger partial charge >= 0.3 is 6.03 Å². The highest BCUT2D eigenvalue weighted by Crippen LogP contribution is 2.23. The predicted molar refractivity (Wildman–Crippen MR) is 117 cm³/mol. The van der Waals surface area contributed by atoms with Gasteiger partial charge in [-0.25, -0.2) is 4.79 Å². The third-order valence-corrected chi connectivity index (χ3v) is 4.36. The van der Waals surface area contributed by atoms with Crippen LogP contribution in [0.4, 0.5) is 16.2 Å². The van der Waals surface area contributed by atoms with Crippen LogP contribution in [0.1, 0.15) is 12.0 Å². The molecule has 1 aromatic heterocycles. The van der Waals surface area contributed by atoms with Gasteiger partial charge in [-0.3, -0.25) is 4.98 Å². The molecule has 0 aliphatic heterocycles. The van der Waals surface area contributed by atoms with E-state index in [1.165, 1.54) is 11.3 Å². The maximum Gasteiger partial charge on any atom is 0.319 e. The number of hydrogen-bond acceptors (Lipinski definition) is 4. The number of nitrogens with zero attached hydrogens (tertiary/aromatic N) is 2. The van der Waals surface area contributed by atoms with Crippen molar-refractivity contribution >= 4 is 17.4 Å². The number of carbonyl (C=O) groups is 1. The molecule has 0 saturated carbocycles. The van der Waals surface area contributed by atoms with Crippen molar-refractivity contribution in [2.75, 3.05) is 30.9 Å². The summed E-state index contributed by atoms with van der Waals surface area (Å²) in [7, 11) is 4.05. The first-order valence-corrected chi connectivity index (χ1v) is 9.59. The first kappa shape index (κ1) is 20.2. The van der Waals surface area contributed by atoms with E-state index in [1.807, 2.05) is 32.3 Å². The summed E-state index contributed by atoms with van der Waals surface area (Å²) in [5, 5.41) is 5.73. The van der Waals surface area contributed by atoms with Crippen LogP contribution in [0, 0.1) is 0 Å². The van der Waals surface area contributed by atoms with E-state index in [4.69, 9.17) is 4.74 Å². The summed E-state index contributed by atoms with van der Waals surface area (Å²) in [6.45, 7) is 0.606. The van der Waals surface area contributed by atoms with Gasteiger partial charge in [-0.2, -0.15) is 0 Å². The third-order valence-electron chi connectivity index (χ3n) is 4.36. The quantitative estimate of drug-likeness (QED) is 0.548. The molecule has 0 aliphatic rings. The molecule has 0 unspecified atom stereocenters. The van der Waals surface area contributed by atoms with E-state index in [0.717, 1.165) is 12.8 Å². The number of nitrogens with one attached hydrogen (secondary N) is 2. The Balaban J connectivity index is 1.42. The van der Waals surface area contributed by atoms with Gasteiger partial charge in [-0.1, -0.05) is 18.2 Å². The second-order valence-electron chi connectivity index (χ2n) is 6.86. The fourth-order valence-corrected chi connectivity index (χ4v) is 2.81. The number of hydrogen-bond donors (Lipinski definition) is 2. The molecule has 0 radical (unpaired) electrons. The van der Waals surface area contributed by atoms with Gasteiger partial charge in [0.2, 0.25) is 0 Å². The molecular formula is C23H26N4O2. The highest BCUT2D eigenvalue weighted by Gasteiger charge is 2.04. The zero-order valence-corrected chi connectivity index (χ0v) is 16.8. The molecule has 2 aromatic carbocycles. The molecule has 1 heterocycles. The monoisotopic (exact) mass is 390 g/mol. The molecule has 3 aromatic rings. The number of pyridine rings is 1. The van der Waals surface area contributed by atoms with Crippen molar-refractivity contribution in [2.24, 2.45) is 0 Å². The largest absolute Gasteiger partial charge is 0.457 e. The van der Waals surface area contributed by atoms with Crippen LogP contribution in [0.3, 0.4) is 0 Å². The molecule has 0 spiro atoms. The van der Waals surface area contributed by atoms with Gasteiger partial charge in [0, 0.05) is 50.5 Å². The Labute approximate surface area is 171 Å². The van der Waals surface area contributed by atoms with Crippen LogP contribution >= 0.6 is 0 Å². The lowest BCUT2D eigenvalue weighted by molar-refractivity contribution is 0.252. The van der Waals surface area contributed by atoms with Crippen LogP contribution in [-0.4, -0.2) is 31.7 Å². The van der Waals surface area contributed by atoms with Gasteiger partial charge in [-0.05, 0) is 54.8 Å². The van der Waals surface area contributed by atoms with Crippen LogP contribution in [0.2, 0.25) is 0 Å². The average Bonchev–Trinajstić information content (AvgIpc) is 2.72. The van der Waals surface area contributed by atoms with Crippen molar-refractivity contribution in [3.8, 4) is 11.5 Å². The first-order chi connectivity index (χ1) is 14.1. The number of aromatic nitrogens is 1. The van der Waals surface area contributed by atoms with Gasteiger partial charge in [0.15, 0.2) is 0 Å². The molecule has 29 heavy (non-hydrogen) atoms. The van der Waals surface area contributed by atoms with Crippen LogP contribution in [0.15, 0.2) is 73.1 Å². The standard InChI is InChI=1S/C23H26N4O2/c1-27(2)20-10-8-18(9-11-20)5-4-14-25-23(28)26-19-6-3-7-22(17-19)29-21-12-15-24-16-13-21/h3,6-13,15-17H,4-5,14H2,1-2H3,(H2,25,26,28). The van der Waals surface area contributed by atoms with Gasteiger partial charge < -0.3 is 20.3 Å². The second kappa shape index (κ2) is 10.1. The number of ether oxygens (including phenoxy) is 1. The first-order valence-electron chi connectivity index (χ1n) is 9.59. The lowest BCUT2D eigenvalue weighted by atomic mass is 10.1. The van der Waals surface area contributed by atoms with Crippen molar-refractivity contribution in [3.05, 3.63) is 78.6 Å². The summed E-state index contributed by atoms with van der Waals surface area (Å²) in [6, 6.07) is 19.1. The molecule has 2 N–H and O–H groups in total. The Morgan fingerprint density at radius 1 is 1.00 bits per heavy atom. The third kappa shape index (κ3) is 6.53. The SMILES string of the molecule is CN(C)c1ccc(CCCNC(=O)Nc2cccc(Oc3ccncc3)c2)cc1. The van der Waals surface area contributed by atoms with E-state index >= 15 is 0 Å². The maximum absolute atomic E-state index is 12.1. The predicted octanol–water partition coefficient (Wildman–Crippen LogP) is 4.69. The molecule has 6 nitrogen and oxygen atoms in total. The number of urea groups is 1. The van der Waals surface area contributed by atoms with Crippen LogP contribution < -0.4 is 20.3 Å². The molecule has 2 amide bonds. The highest BCUT2D eigenvalue weighted by molar-refractivity contribution is 5.89. The van der Waals surface area contributed by atoms with Gasteiger partial charge in [-0.15, -0.1) is 0 Å². The summed E-state index contributed by atoms with van der Waals surface area (Å²) >= 11 is 0. The number of benzene rings is 2. The molecular weight excluding hydrogens is 364 g/mol. The van der Waals surface area contributed by atoms with Crippen molar-refractivity contribution in [3.63, 3.8) is 0 Å². The Bertz CT molecular complexity index is 912. The molecule has 0 atom stereocenters. The van der Waals surface area contributed by atoms with E-state index in [0.29, 0.717) is 23.7 Å². The highest BCUT2D eigenvalue weighted by atomic mass is 16.5. The van der Waals surface area contributed by atoms with Crippen LogP contribution in [0.25, 0.3) is 0 Å². The summed E-state index contributed by atoms with van der Waals surface area (Å²) in [5.74, 6) is 1.34. The Kier molecular flexibility index (Phi) is 7.05. The summed E-state index contributed by atoms with van der Waals surface area (Å²) < 4.78 is 5.76. The Morgan fingerprint density at radius 2 is 1.76 bits per heavy atom. The fourth-order valence-electron chi connectivity index (χ4n) is 2.81. The van der Waals surface area contributed by atoms with E-state index in [2.05, 4.69) is 44.8 Å². The molecule has 0 aliphatic carbocycles. The summed E-state index contributed by atoms with van der Waals surface area (Å²) in [5.41, 5.74) is 3.12. The zero-order valence-electron chi connectivity index (χ0n) is 16.8.